The molecule has 32 heavy (non-hydrogen) atoms. The van der Waals surface area contributed by atoms with Crippen LogP contribution >= 0.6 is 22.7 Å². The largest absolute Gasteiger partial charge is 0.135 e. The molecule has 2 heteroatoms. The maximum absolute atomic E-state index is 2.42. The van der Waals surface area contributed by atoms with Gasteiger partial charge in [-0.3, -0.25) is 0 Å². The van der Waals surface area contributed by atoms with Crippen LogP contribution < -0.4 is 0 Å². The number of hydrogen-bond donors (Lipinski definition) is 0. The van der Waals surface area contributed by atoms with Crippen molar-refractivity contribution < 1.29 is 0 Å². The van der Waals surface area contributed by atoms with Crippen molar-refractivity contribution in [1.29, 1.82) is 0 Å². The Kier molecular flexibility index (Phi) is 4.78. The molecular formula is C30H28S2. The number of thiophene rings is 2. The third kappa shape index (κ3) is 3.24. The molecule has 160 valence electrons. The van der Waals surface area contributed by atoms with Crippen molar-refractivity contribution in [2.24, 2.45) is 11.8 Å². The van der Waals surface area contributed by atoms with E-state index < -0.39 is 0 Å². The van der Waals surface area contributed by atoms with Gasteiger partial charge in [-0.05, 0) is 47.9 Å². The van der Waals surface area contributed by atoms with E-state index in [0.717, 1.165) is 12.8 Å². The van der Waals surface area contributed by atoms with E-state index in [1.165, 1.54) is 62.2 Å². The Morgan fingerprint density at radius 2 is 0.844 bits per heavy atom. The normalized spacial score (nSPS) is 12.6. The fourth-order valence-electron chi connectivity index (χ4n) is 5.16. The van der Waals surface area contributed by atoms with Crippen molar-refractivity contribution in [3.63, 3.8) is 0 Å². The van der Waals surface area contributed by atoms with E-state index in [-0.39, 0.29) is 0 Å². The molecule has 2 aromatic heterocycles. The van der Waals surface area contributed by atoms with E-state index in [1.807, 2.05) is 22.7 Å². The monoisotopic (exact) mass is 452 g/mol. The Balaban J connectivity index is 1.58. The summed E-state index contributed by atoms with van der Waals surface area (Å²) >= 11 is 3.92. The molecule has 2 heterocycles. The van der Waals surface area contributed by atoms with E-state index in [4.69, 9.17) is 0 Å². The van der Waals surface area contributed by atoms with Crippen LogP contribution in [0.2, 0.25) is 0 Å². The van der Waals surface area contributed by atoms with Crippen LogP contribution in [0.4, 0.5) is 0 Å². The maximum Gasteiger partial charge on any atom is 0.0434 e. The van der Waals surface area contributed by atoms with Gasteiger partial charge in [-0.2, -0.15) is 0 Å². The molecule has 0 saturated heterocycles. The summed E-state index contributed by atoms with van der Waals surface area (Å²) in [4.78, 5) is 0. The fourth-order valence-corrected chi connectivity index (χ4v) is 7.75. The third-order valence-corrected chi connectivity index (χ3v) is 8.89. The molecule has 0 spiro atoms. The topological polar surface area (TPSA) is 0 Å². The first-order chi connectivity index (χ1) is 15.5. The SMILES string of the molecule is CC(C)Cc1ccc2c(c1)sc1c2ccc2c1ccc1c3ccc(CC(C)C)cc3sc12. The van der Waals surface area contributed by atoms with Gasteiger partial charge < -0.3 is 0 Å². The van der Waals surface area contributed by atoms with Gasteiger partial charge in [-0.15, -0.1) is 22.7 Å². The first-order valence-corrected chi connectivity index (χ1v) is 13.3. The molecule has 0 radical (unpaired) electrons. The predicted octanol–water partition coefficient (Wildman–Crippen LogP) is 9.97. The summed E-state index contributed by atoms with van der Waals surface area (Å²) in [5, 5.41) is 8.39. The van der Waals surface area contributed by atoms with Crippen LogP contribution in [0.15, 0.2) is 60.7 Å². The van der Waals surface area contributed by atoms with Gasteiger partial charge in [-0.25, -0.2) is 0 Å². The van der Waals surface area contributed by atoms with Gasteiger partial charge in [0, 0.05) is 51.1 Å². The second kappa shape index (κ2) is 7.57. The van der Waals surface area contributed by atoms with Crippen molar-refractivity contribution >= 4 is 73.8 Å². The lowest BCUT2D eigenvalue weighted by Crippen LogP contribution is -1.92. The quantitative estimate of drug-likeness (QED) is 0.249. The maximum atomic E-state index is 2.42. The molecule has 0 amide bonds. The van der Waals surface area contributed by atoms with Gasteiger partial charge in [0.15, 0.2) is 0 Å². The molecule has 0 N–H and O–H groups in total. The van der Waals surface area contributed by atoms with Crippen molar-refractivity contribution in [1.82, 2.24) is 0 Å². The van der Waals surface area contributed by atoms with E-state index in [2.05, 4.69) is 88.4 Å². The summed E-state index contributed by atoms with van der Waals surface area (Å²) in [5.74, 6) is 1.37. The van der Waals surface area contributed by atoms with Crippen molar-refractivity contribution in [3.8, 4) is 0 Å². The molecule has 0 bridgehead atoms. The molecule has 0 aliphatic heterocycles. The zero-order valence-electron chi connectivity index (χ0n) is 19.2. The Morgan fingerprint density at radius 3 is 1.22 bits per heavy atom. The van der Waals surface area contributed by atoms with Crippen LogP contribution in [-0.2, 0) is 12.8 Å². The van der Waals surface area contributed by atoms with Crippen molar-refractivity contribution in [2.45, 2.75) is 40.5 Å². The highest BCUT2D eigenvalue weighted by Gasteiger charge is 2.14. The third-order valence-electron chi connectivity index (χ3n) is 6.49. The fraction of sp³-hybridized carbons (Fsp3) is 0.267. The van der Waals surface area contributed by atoms with Crippen LogP contribution in [-0.4, -0.2) is 0 Å². The highest BCUT2D eigenvalue weighted by Crippen LogP contribution is 2.44. The lowest BCUT2D eigenvalue weighted by atomic mass is 9.99. The van der Waals surface area contributed by atoms with E-state index in [1.54, 1.807) is 0 Å². The molecule has 0 saturated carbocycles. The molecular weight excluding hydrogens is 424 g/mol. The Bertz CT molecular complexity index is 1500. The molecule has 0 aliphatic rings. The van der Waals surface area contributed by atoms with Crippen LogP contribution in [0.25, 0.3) is 51.1 Å². The van der Waals surface area contributed by atoms with Crippen LogP contribution in [0.5, 0.6) is 0 Å². The van der Waals surface area contributed by atoms with Gasteiger partial charge in [0.2, 0.25) is 0 Å². The summed E-state index contributed by atoms with van der Waals surface area (Å²) in [7, 11) is 0. The highest BCUT2D eigenvalue weighted by atomic mass is 32.1. The summed E-state index contributed by atoms with van der Waals surface area (Å²) in [6.07, 6.45) is 2.29. The zero-order chi connectivity index (χ0) is 22.0. The van der Waals surface area contributed by atoms with Gasteiger partial charge in [0.05, 0.1) is 0 Å². The smallest absolute Gasteiger partial charge is 0.0434 e. The van der Waals surface area contributed by atoms with Crippen LogP contribution in [0.1, 0.15) is 38.8 Å². The second-order valence-corrected chi connectivity index (χ2v) is 12.1. The van der Waals surface area contributed by atoms with Gasteiger partial charge >= 0.3 is 0 Å². The zero-order valence-corrected chi connectivity index (χ0v) is 20.8. The summed E-state index contributed by atoms with van der Waals surface area (Å²) in [6, 6.07) is 23.6. The first-order valence-electron chi connectivity index (χ1n) is 11.7. The average Bonchev–Trinajstić information content (AvgIpc) is 3.30. The average molecular weight is 453 g/mol. The number of fused-ring (bicyclic) bond motifs is 9. The summed E-state index contributed by atoms with van der Waals surface area (Å²) in [6.45, 7) is 9.19. The molecule has 0 fully saturated rings. The highest BCUT2D eigenvalue weighted by molar-refractivity contribution is 7.28. The van der Waals surface area contributed by atoms with Gasteiger partial charge in [0.1, 0.15) is 0 Å². The lowest BCUT2D eigenvalue weighted by Gasteiger charge is -2.04. The molecule has 0 aliphatic carbocycles. The van der Waals surface area contributed by atoms with Gasteiger partial charge in [0.25, 0.3) is 0 Å². The summed E-state index contributed by atoms with van der Waals surface area (Å²) in [5.41, 5.74) is 2.90. The molecule has 0 nitrogen and oxygen atoms in total. The van der Waals surface area contributed by atoms with E-state index in [9.17, 15) is 0 Å². The Hall–Kier alpha value is -2.42. The minimum absolute atomic E-state index is 0.685. The van der Waals surface area contributed by atoms with Gasteiger partial charge in [-0.1, -0.05) is 76.2 Å². The van der Waals surface area contributed by atoms with E-state index in [0.29, 0.717) is 11.8 Å². The minimum atomic E-state index is 0.685. The first kappa shape index (κ1) is 20.2. The molecule has 6 aromatic rings. The van der Waals surface area contributed by atoms with E-state index >= 15 is 0 Å². The number of hydrogen-bond acceptors (Lipinski definition) is 2. The lowest BCUT2D eigenvalue weighted by molar-refractivity contribution is 0.647. The summed E-state index contributed by atoms with van der Waals surface area (Å²) < 4.78 is 5.69. The Labute approximate surface area is 197 Å². The second-order valence-electron chi connectivity index (χ2n) is 10.0. The number of rotatable bonds is 4. The van der Waals surface area contributed by atoms with Crippen LogP contribution in [0.3, 0.4) is 0 Å². The van der Waals surface area contributed by atoms with Crippen LogP contribution in [0, 0.1) is 11.8 Å². The number of benzene rings is 4. The van der Waals surface area contributed by atoms with Crippen molar-refractivity contribution in [3.05, 3.63) is 71.8 Å². The predicted molar refractivity (Wildman–Crippen MR) is 147 cm³/mol. The molecule has 0 atom stereocenters. The molecule has 4 aromatic carbocycles. The standard InChI is InChI=1S/C30H28S2/c1-17(2)13-19-5-7-21-23-9-11-26-25(29(23)31-27(21)15-19)12-10-24-22-8-6-20(14-18(3)4)16-28(22)32-30(24)26/h5-12,15-18H,13-14H2,1-4H3. The molecule has 0 unspecified atom stereocenters. The minimum Gasteiger partial charge on any atom is -0.135 e. The van der Waals surface area contributed by atoms with Crippen molar-refractivity contribution in [2.75, 3.05) is 0 Å². The Morgan fingerprint density at radius 1 is 0.500 bits per heavy atom. The molecule has 6 rings (SSSR count).